The van der Waals surface area contributed by atoms with E-state index in [0.29, 0.717) is 18.6 Å². The Labute approximate surface area is 75.0 Å². The van der Waals surface area contributed by atoms with E-state index in [4.69, 9.17) is 5.73 Å². The van der Waals surface area contributed by atoms with Gasteiger partial charge in [0.2, 0.25) is 0 Å². The number of nitrogens with two attached hydrogens (primary N) is 1. The molecule has 0 saturated carbocycles. The molecule has 0 saturated heterocycles. The number of hydrogen-bond acceptors (Lipinski definition) is 2. The van der Waals surface area contributed by atoms with Crippen molar-refractivity contribution in [1.29, 1.82) is 0 Å². The molecule has 13 heavy (non-hydrogen) atoms. The van der Waals surface area contributed by atoms with Gasteiger partial charge in [0.05, 0.1) is 5.69 Å². The Kier molecular flexibility index (Phi) is 1.98. The van der Waals surface area contributed by atoms with Crippen LogP contribution in [0.2, 0.25) is 0 Å². The Hall–Kier alpha value is -1.42. The molecule has 0 aromatic carbocycles. The maximum atomic E-state index is 13.1. The number of pyridine rings is 1. The maximum absolute atomic E-state index is 13.1. The Morgan fingerprint density at radius 3 is 3.08 bits per heavy atom. The molecule has 2 N–H and O–H groups in total. The number of rotatable bonds is 2. The molecule has 0 aliphatic heterocycles. The van der Waals surface area contributed by atoms with Crippen molar-refractivity contribution in [2.75, 3.05) is 6.54 Å². The number of aromatic nitrogens is 2. The van der Waals surface area contributed by atoms with Gasteiger partial charge in [-0.2, -0.15) is 0 Å². The predicted octanol–water partition coefficient (Wildman–Crippen LogP) is 0.975. The van der Waals surface area contributed by atoms with Gasteiger partial charge in [-0.3, -0.25) is 0 Å². The number of fused-ring (bicyclic) bond motifs is 1. The van der Waals surface area contributed by atoms with Gasteiger partial charge >= 0.3 is 0 Å². The van der Waals surface area contributed by atoms with Crippen LogP contribution in [0.5, 0.6) is 0 Å². The molecule has 0 atom stereocenters. The van der Waals surface area contributed by atoms with Crippen LogP contribution in [-0.2, 0) is 6.42 Å². The minimum Gasteiger partial charge on any atom is -0.330 e. The number of nitrogens with zero attached hydrogens (tertiary/aromatic N) is 2. The van der Waals surface area contributed by atoms with Gasteiger partial charge in [-0.1, -0.05) is 0 Å². The minimum absolute atomic E-state index is 0.300. The van der Waals surface area contributed by atoms with Crippen molar-refractivity contribution in [3.63, 3.8) is 0 Å². The molecular formula is C9H10FN3. The molecule has 0 radical (unpaired) electrons. The SMILES string of the molecule is NCCc1cn2cccc(F)c2n1. The predicted molar refractivity (Wildman–Crippen MR) is 47.9 cm³/mol. The molecular weight excluding hydrogens is 169 g/mol. The monoisotopic (exact) mass is 179 g/mol. The second kappa shape index (κ2) is 3.14. The summed E-state index contributed by atoms with van der Waals surface area (Å²) in [5.74, 6) is -0.300. The van der Waals surface area contributed by atoms with Gasteiger partial charge in [0.1, 0.15) is 0 Å². The van der Waals surface area contributed by atoms with Gasteiger partial charge < -0.3 is 10.1 Å². The first kappa shape index (κ1) is 8.19. The molecule has 0 spiro atoms. The zero-order chi connectivity index (χ0) is 9.26. The number of imidazole rings is 1. The van der Waals surface area contributed by atoms with Crippen LogP contribution in [0.3, 0.4) is 0 Å². The van der Waals surface area contributed by atoms with Gasteiger partial charge in [-0.15, -0.1) is 0 Å². The van der Waals surface area contributed by atoms with Gasteiger partial charge in [0.25, 0.3) is 0 Å². The van der Waals surface area contributed by atoms with Crippen LogP contribution in [-0.4, -0.2) is 15.9 Å². The highest BCUT2D eigenvalue weighted by atomic mass is 19.1. The van der Waals surface area contributed by atoms with Crippen LogP contribution in [0.25, 0.3) is 5.65 Å². The molecule has 0 bridgehead atoms. The summed E-state index contributed by atoms with van der Waals surface area (Å²) in [6.07, 6.45) is 4.25. The molecule has 2 rings (SSSR count). The van der Waals surface area contributed by atoms with E-state index in [-0.39, 0.29) is 5.82 Å². The minimum atomic E-state index is -0.300. The molecule has 3 nitrogen and oxygen atoms in total. The number of halogens is 1. The smallest absolute Gasteiger partial charge is 0.173 e. The second-order valence-electron chi connectivity index (χ2n) is 2.86. The van der Waals surface area contributed by atoms with E-state index in [2.05, 4.69) is 4.98 Å². The highest BCUT2D eigenvalue weighted by Crippen LogP contribution is 2.09. The highest BCUT2D eigenvalue weighted by molar-refractivity contribution is 5.41. The average molecular weight is 179 g/mol. The average Bonchev–Trinajstić information content (AvgIpc) is 2.49. The van der Waals surface area contributed by atoms with E-state index in [1.807, 2.05) is 0 Å². The van der Waals surface area contributed by atoms with Gasteiger partial charge in [0.15, 0.2) is 11.5 Å². The normalized spacial score (nSPS) is 10.9. The summed E-state index contributed by atoms with van der Waals surface area (Å²) >= 11 is 0. The molecule has 0 amide bonds. The van der Waals surface area contributed by atoms with Crippen molar-refractivity contribution in [2.24, 2.45) is 5.73 Å². The van der Waals surface area contributed by atoms with E-state index >= 15 is 0 Å². The van der Waals surface area contributed by atoms with Crippen molar-refractivity contribution in [3.8, 4) is 0 Å². The molecule has 2 aromatic heterocycles. The van der Waals surface area contributed by atoms with Crippen LogP contribution in [0, 0.1) is 5.82 Å². The third kappa shape index (κ3) is 1.40. The third-order valence-electron chi connectivity index (χ3n) is 1.89. The van der Waals surface area contributed by atoms with Crippen molar-refractivity contribution >= 4 is 5.65 Å². The van der Waals surface area contributed by atoms with Gasteiger partial charge in [0, 0.05) is 18.8 Å². The molecule has 0 fully saturated rings. The molecule has 0 aliphatic rings. The van der Waals surface area contributed by atoms with Crippen LogP contribution in [0.4, 0.5) is 4.39 Å². The van der Waals surface area contributed by atoms with Crippen LogP contribution in [0.15, 0.2) is 24.5 Å². The zero-order valence-electron chi connectivity index (χ0n) is 7.07. The zero-order valence-corrected chi connectivity index (χ0v) is 7.07. The fourth-order valence-corrected chi connectivity index (χ4v) is 1.30. The molecule has 0 unspecified atom stereocenters. The van der Waals surface area contributed by atoms with Crippen molar-refractivity contribution < 1.29 is 4.39 Å². The maximum Gasteiger partial charge on any atom is 0.173 e. The molecule has 4 heteroatoms. The quantitative estimate of drug-likeness (QED) is 0.746. The lowest BCUT2D eigenvalue weighted by Gasteiger charge is -1.90. The summed E-state index contributed by atoms with van der Waals surface area (Å²) < 4.78 is 14.8. The second-order valence-corrected chi connectivity index (χ2v) is 2.86. The van der Waals surface area contributed by atoms with Crippen LogP contribution in [0.1, 0.15) is 5.69 Å². The fourth-order valence-electron chi connectivity index (χ4n) is 1.30. The number of hydrogen-bond donors (Lipinski definition) is 1. The Morgan fingerprint density at radius 1 is 1.54 bits per heavy atom. The van der Waals surface area contributed by atoms with E-state index in [1.165, 1.54) is 6.07 Å². The van der Waals surface area contributed by atoms with E-state index in [9.17, 15) is 4.39 Å². The van der Waals surface area contributed by atoms with Crippen LogP contribution >= 0.6 is 0 Å². The Morgan fingerprint density at radius 2 is 2.38 bits per heavy atom. The Balaban J connectivity index is 2.55. The topological polar surface area (TPSA) is 43.3 Å². The third-order valence-corrected chi connectivity index (χ3v) is 1.89. The Bertz CT molecular complexity index is 422. The molecule has 0 aliphatic carbocycles. The van der Waals surface area contributed by atoms with Crippen molar-refractivity contribution in [2.45, 2.75) is 6.42 Å². The van der Waals surface area contributed by atoms with Gasteiger partial charge in [-0.05, 0) is 18.7 Å². The summed E-state index contributed by atoms with van der Waals surface area (Å²) in [5.41, 5.74) is 6.57. The summed E-state index contributed by atoms with van der Waals surface area (Å²) in [5, 5.41) is 0. The first-order chi connectivity index (χ1) is 6.31. The van der Waals surface area contributed by atoms with Crippen molar-refractivity contribution in [3.05, 3.63) is 36.0 Å². The van der Waals surface area contributed by atoms with E-state index < -0.39 is 0 Å². The highest BCUT2D eigenvalue weighted by Gasteiger charge is 2.04. The fraction of sp³-hybridized carbons (Fsp3) is 0.222. The molecule has 2 aromatic rings. The van der Waals surface area contributed by atoms with E-state index in [1.54, 1.807) is 22.9 Å². The lowest BCUT2D eigenvalue weighted by atomic mass is 10.3. The first-order valence-corrected chi connectivity index (χ1v) is 4.13. The largest absolute Gasteiger partial charge is 0.330 e. The van der Waals surface area contributed by atoms with Gasteiger partial charge in [-0.25, -0.2) is 9.37 Å². The van der Waals surface area contributed by atoms with Crippen LogP contribution < -0.4 is 5.73 Å². The lowest BCUT2D eigenvalue weighted by molar-refractivity contribution is 0.630. The summed E-state index contributed by atoms with van der Waals surface area (Å²) in [4.78, 5) is 4.11. The van der Waals surface area contributed by atoms with Crippen molar-refractivity contribution in [1.82, 2.24) is 9.38 Å². The van der Waals surface area contributed by atoms with E-state index in [0.717, 1.165) is 5.69 Å². The standard InChI is InChI=1S/C9H10FN3/c10-8-2-1-5-13-6-7(3-4-11)12-9(8)13/h1-2,5-6H,3-4,11H2. The molecule has 2 heterocycles. The summed E-state index contributed by atoms with van der Waals surface area (Å²) in [6, 6.07) is 3.05. The summed E-state index contributed by atoms with van der Waals surface area (Å²) in [6.45, 7) is 0.533. The summed E-state index contributed by atoms with van der Waals surface area (Å²) in [7, 11) is 0. The molecule has 68 valence electrons. The lowest BCUT2D eigenvalue weighted by Crippen LogP contribution is -2.02. The first-order valence-electron chi connectivity index (χ1n) is 4.13.